The van der Waals surface area contributed by atoms with Gasteiger partial charge in [0, 0.05) is 6.42 Å². The van der Waals surface area contributed by atoms with Crippen LogP contribution in [0.5, 0.6) is 5.75 Å². The summed E-state index contributed by atoms with van der Waals surface area (Å²) >= 11 is 0. The van der Waals surface area contributed by atoms with Crippen LogP contribution in [-0.2, 0) is 15.2 Å². The Morgan fingerprint density at radius 2 is 1.64 bits per heavy atom. The van der Waals surface area contributed by atoms with E-state index in [1.807, 2.05) is 31.2 Å². The Balaban J connectivity index is 1.92. The largest absolute Gasteiger partial charge is 0.496 e. The Kier molecular flexibility index (Phi) is 6.88. The molecule has 0 saturated heterocycles. The molecule has 3 aromatic rings. The second-order valence-corrected chi connectivity index (χ2v) is 8.73. The van der Waals surface area contributed by atoms with E-state index in [0.717, 1.165) is 11.1 Å². The summed E-state index contributed by atoms with van der Waals surface area (Å²) in [6.07, 6.45) is 2.52. The third-order valence-electron chi connectivity index (χ3n) is 6.76. The summed E-state index contributed by atoms with van der Waals surface area (Å²) in [7, 11) is 2.75. The SMILES string of the molecule is COC1=C(C=O)C(F)(c2cccc(-c3cc(F)c(C=O)c(OC)c3)c2C)CC(c2ccccc2C)=C1. The molecule has 1 aliphatic carbocycles. The van der Waals surface area contributed by atoms with Gasteiger partial charge in [0.25, 0.3) is 0 Å². The minimum Gasteiger partial charge on any atom is -0.496 e. The van der Waals surface area contributed by atoms with Crippen LogP contribution in [0.3, 0.4) is 0 Å². The van der Waals surface area contributed by atoms with Crippen LogP contribution in [-0.4, -0.2) is 26.8 Å². The first-order chi connectivity index (χ1) is 17.3. The molecule has 3 aromatic carbocycles. The molecule has 0 aliphatic heterocycles. The van der Waals surface area contributed by atoms with E-state index >= 15 is 4.39 Å². The fourth-order valence-corrected chi connectivity index (χ4v) is 4.92. The molecule has 0 heterocycles. The lowest BCUT2D eigenvalue weighted by atomic mass is 9.74. The molecule has 0 spiro atoms. The highest BCUT2D eigenvalue weighted by molar-refractivity contribution is 5.87. The number of methoxy groups -OCH3 is 2. The molecule has 1 aliphatic rings. The quantitative estimate of drug-likeness (QED) is 0.348. The number of halogens is 2. The predicted octanol–water partition coefficient (Wildman–Crippen LogP) is 6.68. The number of aryl methyl sites for hydroxylation is 1. The highest BCUT2D eigenvalue weighted by Gasteiger charge is 2.44. The topological polar surface area (TPSA) is 52.6 Å². The van der Waals surface area contributed by atoms with Crippen molar-refractivity contribution in [2.75, 3.05) is 14.2 Å². The number of alkyl halides is 1. The molecule has 4 rings (SSSR count). The van der Waals surface area contributed by atoms with E-state index in [9.17, 15) is 14.0 Å². The van der Waals surface area contributed by atoms with Crippen molar-refractivity contribution in [3.05, 3.63) is 106 Å². The van der Waals surface area contributed by atoms with Gasteiger partial charge < -0.3 is 9.47 Å². The van der Waals surface area contributed by atoms with Gasteiger partial charge in [0.2, 0.25) is 0 Å². The number of benzene rings is 3. The molecule has 4 nitrogen and oxygen atoms in total. The fourth-order valence-electron chi connectivity index (χ4n) is 4.92. The highest BCUT2D eigenvalue weighted by atomic mass is 19.1. The monoisotopic (exact) mass is 488 g/mol. The van der Waals surface area contributed by atoms with Crippen LogP contribution < -0.4 is 4.74 Å². The average Bonchev–Trinajstić information content (AvgIpc) is 2.87. The Bertz CT molecular complexity index is 1420. The lowest BCUT2D eigenvalue weighted by Crippen LogP contribution is -2.30. The number of allylic oxidation sites excluding steroid dienone is 3. The van der Waals surface area contributed by atoms with Crippen molar-refractivity contribution in [3.63, 3.8) is 0 Å². The van der Waals surface area contributed by atoms with Gasteiger partial charge in [0.1, 0.15) is 17.3 Å². The molecule has 0 saturated carbocycles. The summed E-state index contributed by atoms with van der Waals surface area (Å²) < 4.78 is 42.6. The molecule has 36 heavy (non-hydrogen) atoms. The van der Waals surface area contributed by atoms with Gasteiger partial charge in [0.05, 0.1) is 25.4 Å². The van der Waals surface area contributed by atoms with E-state index in [2.05, 4.69) is 0 Å². The summed E-state index contributed by atoms with van der Waals surface area (Å²) in [5, 5.41) is 0. The third kappa shape index (κ3) is 4.13. The van der Waals surface area contributed by atoms with Gasteiger partial charge in [-0.2, -0.15) is 0 Å². The molecular formula is C30H26F2O4. The molecule has 0 fully saturated rings. The third-order valence-corrected chi connectivity index (χ3v) is 6.76. The van der Waals surface area contributed by atoms with Crippen molar-refractivity contribution in [1.29, 1.82) is 0 Å². The molecular weight excluding hydrogens is 462 g/mol. The van der Waals surface area contributed by atoms with Crippen LogP contribution in [0.15, 0.2) is 72.0 Å². The number of aldehydes is 2. The van der Waals surface area contributed by atoms with Crippen molar-refractivity contribution in [2.24, 2.45) is 0 Å². The lowest BCUT2D eigenvalue weighted by Gasteiger charge is -2.34. The number of ether oxygens (including phenoxy) is 2. The van der Waals surface area contributed by atoms with Crippen LogP contribution in [0.2, 0.25) is 0 Å². The highest BCUT2D eigenvalue weighted by Crippen LogP contribution is 2.49. The average molecular weight is 489 g/mol. The first-order valence-electron chi connectivity index (χ1n) is 11.4. The van der Waals surface area contributed by atoms with Crippen LogP contribution in [0.1, 0.15) is 39.0 Å². The van der Waals surface area contributed by atoms with Gasteiger partial charge in [-0.3, -0.25) is 9.59 Å². The first-order valence-corrected chi connectivity index (χ1v) is 11.4. The van der Waals surface area contributed by atoms with Crippen molar-refractivity contribution >= 4 is 18.1 Å². The number of rotatable bonds is 7. The lowest BCUT2D eigenvalue weighted by molar-refractivity contribution is -0.106. The maximum Gasteiger partial charge on any atom is 0.172 e. The van der Waals surface area contributed by atoms with E-state index in [4.69, 9.17) is 9.47 Å². The summed E-state index contributed by atoms with van der Waals surface area (Å²) in [6.45, 7) is 3.67. The smallest absolute Gasteiger partial charge is 0.172 e. The normalized spacial score (nSPS) is 17.4. The first kappa shape index (κ1) is 25.0. The standard InChI is InChI=1S/C30H26F2O4/c1-18-8-5-6-9-22(18)21-14-29(36-4)26(17-34)30(32,15-21)25-11-7-10-23(19(25)2)20-12-27(31)24(16-33)28(13-20)35-3/h5-14,16-17H,15H2,1-4H3. The molecule has 0 amide bonds. The minimum atomic E-state index is -2.19. The van der Waals surface area contributed by atoms with E-state index in [1.54, 1.807) is 37.3 Å². The number of hydrogen-bond donors (Lipinski definition) is 0. The fraction of sp³-hybridized carbons (Fsp3) is 0.200. The van der Waals surface area contributed by atoms with E-state index in [1.165, 1.54) is 20.3 Å². The van der Waals surface area contributed by atoms with E-state index < -0.39 is 11.5 Å². The van der Waals surface area contributed by atoms with E-state index in [0.29, 0.717) is 34.8 Å². The maximum absolute atomic E-state index is 17.2. The molecule has 6 heteroatoms. The number of carbonyl (C=O) groups excluding carboxylic acids is 2. The van der Waals surface area contributed by atoms with Gasteiger partial charge >= 0.3 is 0 Å². The summed E-state index contributed by atoms with van der Waals surface area (Å²) in [5.41, 5.74) is 1.83. The van der Waals surface area contributed by atoms with Crippen LogP contribution in [0.4, 0.5) is 8.78 Å². The number of carbonyl (C=O) groups is 2. The minimum absolute atomic E-state index is 0.0785. The van der Waals surface area contributed by atoms with Crippen molar-refractivity contribution in [2.45, 2.75) is 25.9 Å². The van der Waals surface area contributed by atoms with Crippen LogP contribution >= 0.6 is 0 Å². The second-order valence-electron chi connectivity index (χ2n) is 8.73. The Morgan fingerprint density at radius 3 is 2.28 bits per heavy atom. The summed E-state index contributed by atoms with van der Waals surface area (Å²) in [5.74, 6) is -0.501. The van der Waals surface area contributed by atoms with Crippen molar-refractivity contribution < 1.29 is 27.8 Å². The van der Waals surface area contributed by atoms with Gasteiger partial charge in [-0.1, -0.05) is 42.5 Å². The molecule has 1 atom stereocenters. The summed E-state index contributed by atoms with van der Waals surface area (Å²) in [4.78, 5) is 23.5. The van der Waals surface area contributed by atoms with Gasteiger partial charge in [-0.15, -0.1) is 0 Å². The van der Waals surface area contributed by atoms with Gasteiger partial charge in [-0.25, -0.2) is 8.78 Å². The van der Waals surface area contributed by atoms with E-state index in [-0.39, 0.29) is 34.6 Å². The van der Waals surface area contributed by atoms with Crippen LogP contribution in [0, 0.1) is 19.7 Å². The zero-order valence-electron chi connectivity index (χ0n) is 20.5. The van der Waals surface area contributed by atoms with Gasteiger partial charge in [0.15, 0.2) is 18.2 Å². The summed E-state index contributed by atoms with van der Waals surface area (Å²) in [6, 6.07) is 15.4. The maximum atomic E-state index is 17.2. The molecule has 0 bridgehead atoms. The molecule has 0 aromatic heterocycles. The predicted molar refractivity (Wildman–Crippen MR) is 135 cm³/mol. The Morgan fingerprint density at radius 1 is 0.917 bits per heavy atom. The Labute approximate surface area is 208 Å². The number of hydrogen-bond acceptors (Lipinski definition) is 4. The molecule has 0 radical (unpaired) electrons. The van der Waals surface area contributed by atoms with Crippen molar-refractivity contribution in [1.82, 2.24) is 0 Å². The van der Waals surface area contributed by atoms with Crippen LogP contribution in [0.25, 0.3) is 16.7 Å². The van der Waals surface area contributed by atoms with Crippen molar-refractivity contribution in [3.8, 4) is 16.9 Å². The second kappa shape index (κ2) is 9.90. The zero-order valence-corrected chi connectivity index (χ0v) is 20.5. The molecule has 184 valence electrons. The Hall–Kier alpha value is -4.06. The molecule has 1 unspecified atom stereocenters. The molecule has 0 N–H and O–H groups in total. The van der Waals surface area contributed by atoms with Gasteiger partial charge in [-0.05, 0) is 71.0 Å². The zero-order chi connectivity index (χ0) is 26.0.